The summed E-state index contributed by atoms with van der Waals surface area (Å²) in [7, 11) is 0. The van der Waals surface area contributed by atoms with Crippen molar-refractivity contribution in [2.75, 3.05) is 0 Å². The summed E-state index contributed by atoms with van der Waals surface area (Å²) in [5.74, 6) is -0.573. The Morgan fingerprint density at radius 3 is 2.72 bits per heavy atom. The van der Waals surface area contributed by atoms with Crippen molar-refractivity contribution in [3.63, 3.8) is 0 Å². The van der Waals surface area contributed by atoms with Gasteiger partial charge in [0.05, 0.1) is 17.9 Å². The molecule has 25 heavy (non-hydrogen) atoms. The van der Waals surface area contributed by atoms with E-state index in [1.165, 1.54) is 23.5 Å². The second-order valence-electron chi connectivity index (χ2n) is 5.68. The molecule has 0 aliphatic heterocycles. The molecule has 2 aromatic heterocycles. The number of aryl methyl sites for hydroxylation is 2. The number of amides is 1. The molecular weight excluding hydrogens is 341 g/mol. The van der Waals surface area contributed by atoms with Crippen LogP contribution >= 0.6 is 11.3 Å². The van der Waals surface area contributed by atoms with Crippen molar-refractivity contribution in [1.29, 1.82) is 0 Å². The van der Waals surface area contributed by atoms with Crippen LogP contribution in [0, 0.1) is 19.7 Å². The fourth-order valence-corrected chi connectivity index (χ4v) is 3.31. The van der Waals surface area contributed by atoms with Crippen molar-refractivity contribution in [2.45, 2.75) is 26.4 Å². The summed E-state index contributed by atoms with van der Waals surface area (Å²) in [5, 5.41) is 12.3. The molecule has 1 aromatic carbocycles. The van der Waals surface area contributed by atoms with Crippen LogP contribution in [0.15, 0.2) is 29.6 Å². The molecule has 0 saturated heterocycles. The van der Waals surface area contributed by atoms with Gasteiger partial charge in [0.25, 0.3) is 0 Å². The minimum absolute atomic E-state index is 0.286. The van der Waals surface area contributed by atoms with E-state index in [-0.39, 0.29) is 18.3 Å². The minimum atomic E-state index is -0.782. The lowest BCUT2D eigenvalue weighted by Crippen LogP contribution is -2.34. The van der Waals surface area contributed by atoms with Gasteiger partial charge in [-0.05, 0) is 38.1 Å². The molecule has 8 heteroatoms. The van der Waals surface area contributed by atoms with Gasteiger partial charge in [-0.3, -0.25) is 9.89 Å². The fraction of sp³-hybridized carbons (Fsp3) is 0.235. The van der Waals surface area contributed by atoms with Gasteiger partial charge >= 0.3 is 0 Å². The number of aromatic amines is 1. The van der Waals surface area contributed by atoms with Crippen LogP contribution in [0.4, 0.5) is 4.39 Å². The Labute approximate surface area is 148 Å². The molecule has 0 aliphatic rings. The number of aromatic nitrogens is 3. The molecule has 1 amide bonds. The van der Waals surface area contributed by atoms with Crippen LogP contribution < -0.4 is 11.1 Å². The van der Waals surface area contributed by atoms with E-state index in [9.17, 15) is 9.18 Å². The third-order valence-electron chi connectivity index (χ3n) is 3.88. The maximum absolute atomic E-state index is 13.0. The Morgan fingerprint density at radius 2 is 2.08 bits per heavy atom. The Morgan fingerprint density at radius 1 is 1.36 bits per heavy atom. The Balaban J connectivity index is 1.64. The molecule has 2 heterocycles. The molecule has 0 aliphatic carbocycles. The monoisotopic (exact) mass is 359 g/mol. The van der Waals surface area contributed by atoms with Gasteiger partial charge in [-0.15, -0.1) is 11.3 Å². The molecule has 0 fully saturated rings. The molecule has 3 rings (SSSR count). The Hall–Kier alpha value is -2.58. The number of benzene rings is 1. The lowest BCUT2D eigenvalue weighted by atomic mass is 10.1. The minimum Gasteiger partial charge on any atom is -0.348 e. The van der Waals surface area contributed by atoms with Crippen molar-refractivity contribution >= 4 is 17.2 Å². The van der Waals surface area contributed by atoms with Gasteiger partial charge in [0.2, 0.25) is 5.91 Å². The third-order valence-corrected chi connectivity index (χ3v) is 4.73. The number of halogens is 1. The van der Waals surface area contributed by atoms with Crippen LogP contribution in [0.5, 0.6) is 0 Å². The fourth-order valence-electron chi connectivity index (χ4n) is 2.57. The van der Waals surface area contributed by atoms with Crippen molar-refractivity contribution in [2.24, 2.45) is 5.73 Å². The largest absolute Gasteiger partial charge is 0.348 e. The number of hydrogen-bond acceptors (Lipinski definition) is 5. The zero-order valence-electron chi connectivity index (χ0n) is 13.8. The van der Waals surface area contributed by atoms with Gasteiger partial charge in [0.1, 0.15) is 16.9 Å². The number of rotatable bonds is 5. The summed E-state index contributed by atoms with van der Waals surface area (Å²) in [5.41, 5.74) is 9.83. The number of thiazole rings is 1. The number of nitrogens with one attached hydrogen (secondary N) is 2. The van der Waals surface area contributed by atoms with Crippen LogP contribution in [-0.4, -0.2) is 21.1 Å². The van der Waals surface area contributed by atoms with E-state index in [1.54, 1.807) is 12.1 Å². The highest BCUT2D eigenvalue weighted by Crippen LogP contribution is 2.22. The van der Waals surface area contributed by atoms with E-state index in [1.807, 2.05) is 19.2 Å². The predicted octanol–water partition coefficient (Wildman–Crippen LogP) is 2.61. The lowest BCUT2D eigenvalue weighted by Gasteiger charge is -2.12. The molecule has 1 atom stereocenters. The summed E-state index contributed by atoms with van der Waals surface area (Å²) in [4.78, 5) is 16.8. The summed E-state index contributed by atoms with van der Waals surface area (Å²) >= 11 is 1.43. The highest BCUT2D eigenvalue weighted by atomic mass is 32.1. The smallest absolute Gasteiger partial charge is 0.242 e. The molecular formula is C17H18FN5OS. The summed E-state index contributed by atoms with van der Waals surface area (Å²) in [6.45, 7) is 3.92. The molecule has 0 spiro atoms. The van der Waals surface area contributed by atoms with Crippen LogP contribution in [0.25, 0.3) is 11.3 Å². The normalized spacial score (nSPS) is 12.2. The van der Waals surface area contributed by atoms with E-state index < -0.39 is 6.04 Å². The van der Waals surface area contributed by atoms with Gasteiger partial charge in [0.15, 0.2) is 0 Å². The molecule has 0 bridgehead atoms. The van der Waals surface area contributed by atoms with Crippen molar-refractivity contribution in [3.8, 4) is 11.3 Å². The number of carbonyl (C=O) groups is 1. The maximum Gasteiger partial charge on any atom is 0.242 e. The zero-order chi connectivity index (χ0) is 18.0. The van der Waals surface area contributed by atoms with Gasteiger partial charge in [-0.25, -0.2) is 9.37 Å². The van der Waals surface area contributed by atoms with Crippen LogP contribution in [0.3, 0.4) is 0 Å². The summed E-state index contributed by atoms with van der Waals surface area (Å²) < 4.78 is 13.0. The van der Waals surface area contributed by atoms with Crippen LogP contribution in [0.2, 0.25) is 0 Å². The molecule has 0 unspecified atom stereocenters. The van der Waals surface area contributed by atoms with Crippen molar-refractivity contribution in [1.82, 2.24) is 20.5 Å². The average molecular weight is 359 g/mol. The predicted molar refractivity (Wildman–Crippen MR) is 94.3 cm³/mol. The number of hydrogen-bond donors (Lipinski definition) is 3. The van der Waals surface area contributed by atoms with Gasteiger partial charge < -0.3 is 11.1 Å². The van der Waals surface area contributed by atoms with E-state index >= 15 is 0 Å². The number of H-pyrrole nitrogens is 1. The molecule has 130 valence electrons. The Bertz CT molecular complexity index is 867. The van der Waals surface area contributed by atoms with Crippen LogP contribution in [-0.2, 0) is 11.3 Å². The SMILES string of the molecule is Cc1n[nH]c(C)c1[C@H](N)C(=O)NCc1nc(-c2ccc(F)cc2)cs1. The lowest BCUT2D eigenvalue weighted by molar-refractivity contribution is -0.122. The average Bonchev–Trinajstić information content (AvgIpc) is 3.19. The highest BCUT2D eigenvalue weighted by Gasteiger charge is 2.21. The number of nitrogens with two attached hydrogens (primary N) is 1. The van der Waals surface area contributed by atoms with E-state index in [4.69, 9.17) is 5.73 Å². The third kappa shape index (κ3) is 3.75. The van der Waals surface area contributed by atoms with Crippen molar-refractivity contribution < 1.29 is 9.18 Å². The first-order chi connectivity index (χ1) is 12.0. The summed E-state index contributed by atoms with van der Waals surface area (Å²) in [6.07, 6.45) is 0. The van der Waals surface area contributed by atoms with E-state index in [0.29, 0.717) is 11.3 Å². The van der Waals surface area contributed by atoms with Gasteiger partial charge in [0, 0.05) is 22.2 Å². The zero-order valence-corrected chi connectivity index (χ0v) is 14.7. The molecule has 0 saturated carbocycles. The summed E-state index contributed by atoms with van der Waals surface area (Å²) in [6, 6.07) is 5.35. The molecule has 4 N–H and O–H groups in total. The first-order valence-electron chi connectivity index (χ1n) is 7.71. The maximum atomic E-state index is 13.0. The van der Waals surface area contributed by atoms with Crippen LogP contribution in [0.1, 0.15) is 28.0 Å². The quantitative estimate of drug-likeness (QED) is 0.652. The highest BCUT2D eigenvalue weighted by molar-refractivity contribution is 7.09. The number of nitrogens with zero attached hydrogens (tertiary/aromatic N) is 2. The second kappa shape index (κ2) is 7.12. The first kappa shape index (κ1) is 17.2. The molecule has 6 nitrogen and oxygen atoms in total. The van der Waals surface area contributed by atoms with Gasteiger partial charge in [-0.1, -0.05) is 0 Å². The standard InChI is InChI=1S/C17H18FN5OS/c1-9-15(10(2)23-22-9)16(19)17(24)20-7-14-21-13(8-25-14)11-3-5-12(18)6-4-11/h3-6,8,16H,7,19H2,1-2H3,(H,20,24)(H,22,23)/t16-/m0/s1. The second-order valence-corrected chi connectivity index (χ2v) is 6.62. The first-order valence-corrected chi connectivity index (χ1v) is 8.58. The van der Waals surface area contributed by atoms with E-state index in [2.05, 4.69) is 20.5 Å². The molecule has 3 aromatic rings. The van der Waals surface area contributed by atoms with Crippen molar-refractivity contribution in [3.05, 3.63) is 57.4 Å². The van der Waals surface area contributed by atoms with E-state index in [0.717, 1.165) is 22.0 Å². The Kier molecular flexibility index (Phi) is 4.91. The van der Waals surface area contributed by atoms with Gasteiger partial charge in [-0.2, -0.15) is 5.10 Å². The topological polar surface area (TPSA) is 96.7 Å². The number of carbonyl (C=O) groups excluding carboxylic acids is 1. The molecule has 0 radical (unpaired) electrons.